The van der Waals surface area contributed by atoms with E-state index in [4.69, 9.17) is 14.9 Å². The topological polar surface area (TPSA) is 77.5 Å². The van der Waals surface area contributed by atoms with Crippen molar-refractivity contribution < 1.29 is 13.9 Å². The van der Waals surface area contributed by atoms with Crippen molar-refractivity contribution in [1.82, 2.24) is 0 Å². The number of carbonyl (C=O) groups excluding carboxylic acids is 1. The normalized spacial score (nSPS) is 10.7. The maximum Gasteiger partial charge on any atom is 0.248 e. The first kappa shape index (κ1) is 13.9. The highest BCUT2D eigenvalue weighted by Crippen LogP contribution is 2.15. The molecule has 2 rings (SSSR count). The Morgan fingerprint density at radius 2 is 2.10 bits per heavy atom. The van der Waals surface area contributed by atoms with E-state index in [1.165, 1.54) is 6.08 Å². The van der Waals surface area contributed by atoms with E-state index in [2.05, 4.69) is 5.32 Å². The zero-order valence-electron chi connectivity index (χ0n) is 10.9. The molecule has 1 aromatic carbocycles. The lowest BCUT2D eigenvalue weighted by molar-refractivity contribution is -0.111. The van der Waals surface area contributed by atoms with Gasteiger partial charge in [0, 0.05) is 18.3 Å². The van der Waals surface area contributed by atoms with E-state index in [9.17, 15) is 4.79 Å². The van der Waals surface area contributed by atoms with Gasteiger partial charge in [-0.15, -0.1) is 0 Å². The molecule has 0 fully saturated rings. The fourth-order valence-electron chi connectivity index (χ4n) is 1.54. The highest BCUT2D eigenvalue weighted by atomic mass is 16.5. The molecule has 0 spiro atoms. The summed E-state index contributed by atoms with van der Waals surface area (Å²) in [6.45, 7) is 0.938. The minimum atomic E-state index is -0.225. The smallest absolute Gasteiger partial charge is 0.248 e. The quantitative estimate of drug-likeness (QED) is 0.791. The Labute approximate surface area is 117 Å². The van der Waals surface area contributed by atoms with E-state index < -0.39 is 0 Å². The molecule has 2 aromatic rings. The summed E-state index contributed by atoms with van der Waals surface area (Å²) in [5, 5.41) is 2.74. The molecule has 0 aliphatic heterocycles. The van der Waals surface area contributed by atoms with Crippen LogP contribution in [0.1, 0.15) is 5.76 Å². The van der Waals surface area contributed by atoms with Crippen LogP contribution >= 0.6 is 0 Å². The molecule has 0 saturated heterocycles. The standard InChI is InChI=1S/C15H16N2O3/c16-9-11-20-14-5-3-12(4-6-14)17-15(18)8-7-13-2-1-10-19-13/h1-8,10H,9,11,16H2,(H,17,18)/b8-7+. The van der Waals surface area contributed by atoms with Gasteiger partial charge in [0.2, 0.25) is 5.91 Å². The maximum absolute atomic E-state index is 11.7. The third-order valence-electron chi connectivity index (χ3n) is 2.45. The van der Waals surface area contributed by atoms with Crippen LogP contribution in [0.4, 0.5) is 5.69 Å². The van der Waals surface area contributed by atoms with Crippen molar-refractivity contribution in [2.75, 3.05) is 18.5 Å². The fourth-order valence-corrected chi connectivity index (χ4v) is 1.54. The number of carbonyl (C=O) groups is 1. The number of benzene rings is 1. The van der Waals surface area contributed by atoms with Crippen molar-refractivity contribution in [2.45, 2.75) is 0 Å². The van der Waals surface area contributed by atoms with Gasteiger partial charge in [-0.25, -0.2) is 0 Å². The number of amides is 1. The summed E-state index contributed by atoms with van der Waals surface area (Å²) in [7, 11) is 0. The lowest BCUT2D eigenvalue weighted by Crippen LogP contribution is -2.10. The van der Waals surface area contributed by atoms with Gasteiger partial charge in [0.25, 0.3) is 0 Å². The van der Waals surface area contributed by atoms with Crippen LogP contribution in [-0.4, -0.2) is 19.1 Å². The van der Waals surface area contributed by atoms with E-state index in [-0.39, 0.29) is 5.91 Å². The number of anilines is 1. The average Bonchev–Trinajstić information content (AvgIpc) is 2.98. The van der Waals surface area contributed by atoms with Crippen LogP contribution in [0.5, 0.6) is 5.75 Å². The first-order valence-electron chi connectivity index (χ1n) is 6.23. The second-order valence-corrected chi connectivity index (χ2v) is 4.00. The van der Waals surface area contributed by atoms with Gasteiger partial charge in [0.15, 0.2) is 0 Å². The van der Waals surface area contributed by atoms with Gasteiger partial charge in [-0.05, 0) is 42.5 Å². The van der Waals surface area contributed by atoms with Gasteiger partial charge >= 0.3 is 0 Å². The first-order valence-corrected chi connectivity index (χ1v) is 6.23. The molecule has 20 heavy (non-hydrogen) atoms. The Kier molecular flexibility index (Phi) is 4.97. The summed E-state index contributed by atoms with van der Waals surface area (Å²) < 4.78 is 10.4. The van der Waals surface area contributed by atoms with Gasteiger partial charge in [-0.1, -0.05) is 0 Å². The van der Waals surface area contributed by atoms with E-state index >= 15 is 0 Å². The molecule has 0 bridgehead atoms. The Bertz CT molecular complexity index is 559. The lowest BCUT2D eigenvalue weighted by atomic mass is 10.3. The van der Waals surface area contributed by atoms with Crippen LogP contribution in [0.2, 0.25) is 0 Å². The Hall–Kier alpha value is -2.53. The number of rotatable bonds is 6. The maximum atomic E-state index is 11.7. The summed E-state index contributed by atoms with van der Waals surface area (Å²) in [6, 6.07) is 10.6. The number of hydrogen-bond donors (Lipinski definition) is 2. The fraction of sp³-hybridized carbons (Fsp3) is 0.133. The molecule has 0 aliphatic carbocycles. The summed E-state index contributed by atoms with van der Waals surface area (Å²) in [4.78, 5) is 11.7. The molecule has 5 nitrogen and oxygen atoms in total. The van der Waals surface area contributed by atoms with Gasteiger partial charge in [0.05, 0.1) is 6.26 Å². The molecule has 0 saturated carbocycles. The molecule has 1 aromatic heterocycles. The van der Waals surface area contributed by atoms with Crippen LogP contribution in [-0.2, 0) is 4.79 Å². The minimum Gasteiger partial charge on any atom is -0.492 e. The second-order valence-electron chi connectivity index (χ2n) is 4.00. The zero-order valence-corrected chi connectivity index (χ0v) is 10.9. The van der Waals surface area contributed by atoms with Crippen molar-refractivity contribution >= 4 is 17.7 Å². The molecule has 0 aliphatic rings. The van der Waals surface area contributed by atoms with Crippen molar-refractivity contribution in [3.05, 3.63) is 54.5 Å². The number of nitrogens with two attached hydrogens (primary N) is 1. The van der Waals surface area contributed by atoms with Crippen molar-refractivity contribution in [1.29, 1.82) is 0 Å². The molecule has 104 valence electrons. The molecular weight excluding hydrogens is 256 g/mol. The Morgan fingerprint density at radius 1 is 1.30 bits per heavy atom. The van der Waals surface area contributed by atoms with Crippen molar-refractivity contribution in [3.8, 4) is 5.75 Å². The molecule has 3 N–H and O–H groups in total. The Balaban J connectivity index is 1.87. The molecular formula is C15H16N2O3. The molecule has 0 unspecified atom stereocenters. The molecule has 5 heteroatoms. The van der Waals surface area contributed by atoms with Crippen molar-refractivity contribution in [3.63, 3.8) is 0 Å². The SMILES string of the molecule is NCCOc1ccc(NC(=O)/C=C/c2ccco2)cc1. The largest absolute Gasteiger partial charge is 0.492 e. The van der Waals surface area contributed by atoms with Crippen LogP contribution in [0, 0.1) is 0 Å². The van der Waals surface area contributed by atoms with Gasteiger partial charge < -0.3 is 20.2 Å². The number of ether oxygens (including phenoxy) is 1. The summed E-state index contributed by atoms with van der Waals surface area (Å²) >= 11 is 0. The average molecular weight is 272 g/mol. The van der Waals surface area contributed by atoms with Crippen LogP contribution < -0.4 is 15.8 Å². The summed E-state index contributed by atoms with van der Waals surface area (Å²) in [6.07, 6.45) is 4.57. The highest BCUT2D eigenvalue weighted by molar-refractivity contribution is 6.01. The van der Waals surface area contributed by atoms with E-state index in [1.807, 2.05) is 0 Å². The van der Waals surface area contributed by atoms with Gasteiger partial charge in [-0.3, -0.25) is 4.79 Å². The van der Waals surface area contributed by atoms with Gasteiger partial charge in [-0.2, -0.15) is 0 Å². The summed E-state index contributed by atoms with van der Waals surface area (Å²) in [5.74, 6) is 1.13. The predicted octanol–water partition coefficient (Wildman–Crippen LogP) is 2.27. The third-order valence-corrected chi connectivity index (χ3v) is 2.45. The van der Waals surface area contributed by atoms with E-state index in [0.29, 0.717) is 24.6 Å². The molecule has 1 amide bonds. The first-order chi connectivity index (χ1) is 9.78. The predicted molar refractivity (Wildman–Crippen MR) is 77.4 cm³/mol. The summed E-state index contributed by atoms with van der Waals surface area (Å²) in [5.41, 5.74) is 6.04. The lowest BCUT2D eigenvalue weighted by Gasteiger charge is -2.06. The zero-order chi connectivity index (χ0) is 14.2. The van der Waals surface area contributed by atoms with Crippen molar-refractivity contribution in [2.24, 2.45) is 5.73 Å². The highest BCUT2D eigenvalue weighted by Gasteiger charge is 1.99. The third kappa shape index (κ3) is 4.29. The molecule has 0 radical (unpaired) electrons. The van der Waals surface area contributed by atoms with Crippen LogP contribution in [0.25, 0.3) is 6.08 Å². The van der Waals surface area contributed by atoms with Crippen LogP contribution in [0.15, 0.2) is 53.2 Å². The molecule has 0 atom stereocenters. The molecule has 1 heterocycles. The minimum absolute atomic E-state index is 0.225. The second kappa shape index (κ2) is 7.16. The van der Waals surface area contributed by atoms with Crippen LogP contribution in [0.3, 0.4) is 0 Å². The van der Waals surface area contributed by atoms with E-state index in [0.717, 1.165) is 5.75 Å². The number of furan rings is 1. The monoisotopic (exact) mass is 272 g/mol. The van der Waals surface area contributed by atoms with Gasteiger partial charge in [0.1, 0.15) is 18.1 Å². The number of hydrogen-bond acceptors (Lipinski definition) is 4. The Morgan fingerprint density at radius 3 is 2.75 bits per heavy atom. The van der Waals surface area contributed by atoms with E-state index in [1.54, 1.807) is 48.7 Å². The number of nitrogens with one attached hydrogen (secondary N) is 1.